The average Bonchev–Trinajstić information content (AvgIpc) is 1.88. The van der Waals surface area contributed by atoms with Crippen LogP contribution in [0.1, 0.15) is 13.8 Å². The number of nitrogens with one attached hydrogen (secondary N) is 1. The molecule has 0 aromatic carbocycles. The number of thioether (sulfide) groups is 1. The Balaban J connectivity index is 2.31. The quantitative estimate of drug-likeness (QED) is 0.586. The van der Waals surface area contributed by atoms with Crippen molar-refractivity contribution in [3.05, 3.63) is 0 Å². The Kier molecular flexibility index (Phi) is 2.61. The molecule has 0 aliphatic carbocycles. The minimum Gasteiger partial charge on any atom is -0.395 e. The van der Waals surface area contributed by atoms with Gasteiger partial charge >= 0.3 is 0 Å². The molecule has 2 N–H and O–H groups in total. The van der Waals surface area contributed by atoms with E-state index in [4.69, 9.17) is 5.11 Å². The van der Waals surface area contributed by atoms with Crippen molar-refractivity contribution in [3.63, 3.8) is 0 Å². The van der Waals surface area contributed by atoms with Crippen LogP contribution in [0.5, 0.6) is 0 Å². The van der Waals surface area contributed by atoms with E-state index in [2.05, 4.69) is 19.2 Å². The highest BCUT2D eigenvalue weighted by atomic mass is 32.2. The highest BCUT2D eigenvalue weighted by Crippen LogP contribution is 2.27. The predicted molar refractivity (Wildman–Crippen MR) is 45.4 cm³/mol. The van der Waals surface area contributed by atoms with Gasteiger partial charge in [0, 0.05) is 23.1 Å². The molecule has 0 saturated carbocycles. The lowest BCUT2D eigenvalue weighted by Gasteiger charge is -2.33. The van der Waals surface area contributed by atoms with Crippen LogP contribution >= 0.6 is 11.8 Å². The highest BCUT2D eigenvalue weighted by molar-refractivity contribution is 8.00. The monoisotopic (exact) mass is 161 g/mol. The third kappa shape index (κ3) is 2.15. The van der Waals surface area contributed by atoms with Gasteiger partial charge in [-0.1, -0.05) is 0 Å². The normalized spacial score (nSPS) is 32.1. The summed E-state index contributed by atoms with van der Waals surface area (Å²) in [7, 11) is 0. The van der Waals surface area contributed by atoms with Gasteiger partial charge in [0.25, 0.3) is 0 Å². The minimum atomic E-state index is 0.267. The second kappa shape index (κ2) is 3.11. The Bertz CT molecular complexity index is 106. The molecular formula is C7H15NOS. The molecule has 1 rings (SSSR count). The second-order valence-electron chi connectivity index (χ2n) is 3.33. The van der Waals surface area contributed by atoms with Crippen molar-refractivity contribution in [1.29, 1.82) is 0 Å². The van der Waals surface area contributed by atoms with Crippen molar-refractivity contribution in [2.75, 3.05) is 18.9 Å². The fourth-order valence-electron chi connectivity index (χ4n) is 0.944. The van der Waals surface area contributed by atoms with Crippen LogP contribution in [-0.2, 0) is 0 Å². The maximum absolute atomic E-state index is 8.79. The van der Waals surface area contributed by atoms with E-state index in [1.165, 1.54) is 0 Å². The first kappa shape index (κ1) is 8.37. The molecule has 1 atom stereocenters. The largest absolute Gasteiger partial charge is 0.395 e. The van der Waals surface area contributed by atoms with E-state index in [1.807, 2.05) is 11.8 Å². The zero-order valence-corrected chi connectivity index (χ0v) is 7.37. The van der Waals surface area contributed by atoms with Crippen LogP contribution in [0.2, 0.25) is 0 Å². The molecule has 1 unspecified atom stereocenters. The number of rotatable bonds is 1. The Morgan fingerprint density at radius 3 is 2.80 bits per heavy atom. The molecule has 3 heteroatoms. The van der Waals surface area contributed by atoms with Crippen LogP contribution in [0.3, 0.4) is 0 Å². The van der Waals surface area contributed by atoms with Gasteiger partial charge < -0.3 is 10.4 Å². The lowest BCUT2D eigenvalue weighted by atomic mass is 10.2. The SMILES string of the molecule is CC1(C)CNC(CO)CS1. The van der Waals surface area contributed by atoms with Crippen molar-refractivity contribution >= 4 is 11.8 Å². The van der Waals surface area contributed by atoms with E-state index in [0.717, 1.165) is 12.3 Å². The van der Waals surface area contributed by atoms with Gasteiger partial charge in [0.2, 0.25) is 0 Å². The molecule has 2 nitrogen and oxygen atoms in total. The summed E-state index contributed by atoms with van der Waals surface area (Å²) in [6, 6.07) is 0.318. The number of aliphatic hydroxyl groups is 1. The van der Waals surface area contributed by atoms with Gasteiger partial charge in [0.1, 0.15) is 0 Å². The van der Waals surface area contributed by atoms with Crippen LogP contribution in [0.15, 0.2) is 0 Å². The fraction of sp³-hybridized carbons (Fsp3) is 1.00. The molecular weight excluding hydrogens is 146 g/mol. The van der Waals surface area contributed by atoms with Crippen LogP contribution in [0.25, 0.3) is 0 Å². The first-order chi connectivity index (χ1) is 4.64. The van der Waals surface area contributed by atoms with Crippen LogP contribution in [0.4, 0.5) is 0 Å². The predicted octanol–water partition coefficient (Wildman–Crippen LogP) is 0.462. The van der Waals surface area contributed by atoms with Crippen molar-refractivity contribution in [3.8, 4) is 0 Å². The summed E-state index contributed by atoms with van der Waals surface area (Å²) in [5.41, 5.74) is 0. The molecule has 60 valence electrons. The zero-order valence-electron chi connectivity index (χ0n) is 6.55. The second-order valence-corrected chi connectivity index (χ2v) is 5.06. The Hall–Kier alpha value is 0.270. The molecule has 1 saturated heterocycles. The summed E-state index contributed by atoms with van der Waals surface area (Å²) in [5.74, 6) is 1.03. The first-order valence-corrected chi connectivity index (χ1v) is 4.61. The van der Waals surface area contributed by atoms with E-state index in [0.29, 0.717) is 10.8 Å². The van der Waals surface area contributed by atoms with E-state index in [1.54, 1.807) is 0 Å². The Morgan fingerprint density at radius 1 is 1.70 bits per heavy atom. The first-order valence-electron chi connectivity index (χ1n) is 3.62. The zero-order chi connectivity index (χ0) is 7.61. The van der Waals surface area contributed by atoms with Gasteiger partial charge in [0.05, 0.1) is 6.61 Å². The van der Waals surface area contributed by atoms with Gasteiger partial charge in [0.15, 0.2) is 0 Å². The van der Waals surface area contributed by atoms with Gasteiger partial charge in [-0.05, 0) is 13.8 Å². The average molecular weight is 161 g/mol. The van der Waals surface area contributed by atoms with Crippen LogP contribution in [0, 0.1) is 0 Å². The summed E-state index contributed by atoms with van der Waals surface area (Å²) in [4.78, 5) is 0. The maximum Gasteiger partial charge on any atom is 0.0592 e. The maximum atomic E-state index is 8.79. The van der Waals surface area contributed by atoms with Gasteiger partial charge in [-0.2, -0.15) is 11.8 Å². The number of hydrogen-bond donors (Lipinski definition) is 2. The van der Waals surface area contributed by atoms with Gasteiger partial charge in [-0.15, -0.1) is 0 Å². The lowest BCUT2D eigenvalue weighted by molar-refractivity contribution is 0.248. The number of aliphatic hydroxyl groups excluding tert-OH is 1. The van der Waals surface area contributed by atoms with E-state index in [9.17, 15) is 0 Å². The van der Waals surface area contributed by atoms with E-state index in [-0.39, 0.29) is 6.61 Å². The van der Waals surface area contributed by atoms with Crippen molar-refractivity contribution in [2.24, 2.45) is 0 Å². The molecule has 0 radical (unpaired) electrons. The molecule has 10 heavy (non-hydrogen) atoms. The van der Waals surface area contributed by atoms with Crippen molar-refractivity contribution in [2.45, 2.75) is 24.6 Å². The summed E-state index contributed by atoms with van der Waals surface area (Å²) in [6.45, 7) is 5.71. The van der Waals surface area contributed by atoms with Crippen molar-refractivity contribution in [1.82, 2.24) is 5.32 Å². The van der Waals surface area contributed by atoms with E-state index < -0.39 is 0 Å². The fourth-order valence-corrected chi connectivity index (χ4v) is 2.00. The Morgan fingerprint density at radius 2 is 2.40 bits per heavy atom. The molecule has 0 spiro atoms. The van der Waals surface area contributed by atoms with Gasteiger partial charge in [-0.3, -0.25) is 0 Å². The molecule has 0 amide bonds. The number of hydrogen-bond acceptors (Lipinski definition) is 3. The van der Waals surface area contributed by atoms with Crippen LogP contribution < -0.4 is 5.32 Å². The topological polar surface area (TPSA) is 32.3 Å². The Labute approximate surface area is 66.4 Å². The lowest BCUT2D eigenvalue weighted by Crippen LogP contribution is -2.47. The molecule has 1 aliphatic heterocycles. The van der Waals surface area contributed by atoms with E-state index >= 15 is 0 Å². The standard InChI is InChI=1S/C7H15NOS/c1-7(2)5-8-6(3-9)4-10-7/h6,8-9H,3-5H2,1-2H3. The smallest absolute Gasteiger partial charge is 0.0592 e. The summed E-state index contributed by atoms with van der Waals surface area (Å²) >= 11 is 1.93. The molecule has 0 aromatic heterocycles. The van der Waals surface area contributed by atoms with Crippen LogP contribution in [-0.4, -0.2) is 34.8 Å². The van der Waals surface area contributed by atoms with Gasteiger partial charge in [-0.25, -0.2) is 0 Å². The summed E-state index contributed by atoms with van der Waals surface area (Å²) < 4.78 is 0.353. The molecule has 0 aromatic rings. The summed E-state index contributed by atoms with van der Waals surface area (Å²) in [6.07, 6.45) is 0. The molecule has 1 heterocycles. The third-order valence-electron chi connectivity index (χ3n) is 1.71. The molecule has 1 fully saturated rings. The van der Waals surface area contributed by atoms with Crippen molar-refractivity contribution < 1.29 is 5.11 Å². The molecule has 0 bridgehead atoms. The third-order valence-corrected chi connectivity index (χ3v) is 3.21. The highest BCUT2D eigenvalue weighted by Gasteiger charge is 2.25. The molecule has 1 aliphatic rings. The minimum absolute atomic E-state index is 0.267. The summed E-state index contributed by atoms with van der Waals surface area (Å²) in [5, 5.41) is 12.1.